The summed E-state index contributed by atoms with van der Waals surface area (Å²) in [5.74, 6) is 2.56. The molecule has 3 rings (SSSR count). The van der Waals surface area contributed by atoms with Gasteiger partial charge in [-0.2, -0.15) is 10.3 Å². The van der Waals surface area contributed by atoms with Crippen molar-refractivity contribution in [2.45, 2.75) is 64.5 Å². The van der Waals surface area contributed by atoms with Crippen molar-refractivity contribution in [3.8, 4) is 11.8 Å². The van der Waals surface area contributed by atoms with E-state index in [1.54, 1.807) is 47.6 Å². The monoisotopic (exact) mass is 513 g/mol. The lowest BCUT2D eigenvalue weighted by Crippen LogP contribution is -2.51. The molecule has 37 heavy (non-hydrogen) atoms. The summed E-state index contributed by atoms with van der Waals surface area (Å²) >= 11 is 0. The summed E-state index contributed by atoms with van der Waals surface area (Å²) in [6.45, 7) is 9.96. The molecule has 198 valence electrons. The van der Waals surface area contributed by atoms with E-state index in [4.69, 9.17) is 19.4 Å². The molecule has 0 spiro atoms. The van der Waals surface area contributed by atoms with Crippen molar-refractivity contribution in [3.05, 3.63) is 59.7 Å². The van der Waals surface area contributed by atoms with Crippen LogP contribution in [0.3, 0.4) is 0 Å². The molecule has 2 N–H and O–H groups in total. The molecule has 1 aliphatic heterocycles. The number of nitrogens with zero attached hydrogens (tertiary/aromatic N) is 1. The minimum Gasteiger partial charge on any atom is -0.457 e. The van der Waals surface area contributed by atoms with Crippen molar-refractivity contribution < 1.29 is 38.0 Å². The first-order valence-electron chi connectivity index (χ1n) is 12.0. The Kier molecular flexibility index (Phi) is 8.25. The zero-order valence-corrected chi connectivity index (χ0v) is 22.0. The van der Waals surface area contributed by atoms with Gasteiger partial charge < -0.3 is 19.4 Å². The third-order valence-corrected chi connectivity index (χ3v) is 5.45. The molecule has 1 aliphatic carbocycles. The summed E-state index contributed by atoms with van der Waals surface area (Å²) in [5.41, 5.74) is -2.19. The van der Waals surface area contributed by atoms with E-state index in [9.17, 15) is 9.59 Å². The van der Waals surface area contributed by atoms with Gasteiger partial charge in [-0.1, -0.05) is 58.9 Å². The highest BCUT2D eigenvalue weighted by Crippen LogP contribution is 2.40. The molecule has 1 aromatic rings. The number of esters is 1. The Hall–Kier alpha value is -3.48. The fourth-order valence-electron chi connectivity index (χ4n) is 3.99. The van der Waals surface area contributed by atoms with Crippen LogP contribution in [0, 0.1) is 17.8 Å². The van der Waals surface area contributed by atoms with Gasteiger partial charge in [0.1, 0.15) is 17.1 Å². The number of carbonyl (C=O) groups is 2. The van der Waals surface area contributed by atoms with Crippen molar-refractivity contribution in [1.82, 2.24) is 5.48 Å². The molecule has 9 heteroatoms. The molecule has 2 unspecified atom stereocenters. The number of alkyl halides is 1. The van der Waals surface area contributed by atoms with E-state index >= 15 is 4.39 Å². The first kappa shape index (κ1) is 28.1. The van der Waals surface area contributed by atoms with Crippen LogP contribution in [0.1, 0.15) is 53.1 Å². The molecular weight excluding hydrogens is 479 g/mol. The number of halogens is 1. The maximum Gasteiger partial charge on any atom is 0.600 e. The van der Waals surface area contributed by atoms with Crippen LogP contribution in [0.2, 0.25) is 0 Å². The summed E-state index contributed by atoms with van der Waals surface area (Å²) in [6.07, 6.45) is 3.62. The van der Waals surface area contributed by atoms with Crippen molar-refractivity contribution in [2.24, 2.45) is 5.92 Å². The second-order valence-corrected chi connectivity index (χ2v) is 10.7. The van der Waals surface area contributed by atoms with Crippen molar-refractivity contribution in [2.75, 3.05) is 13.2 Å². The second kappa shape index (κ2) is 10.9. The minimum absolute atomic E-state index is 0.0342. The Morgan fingerprint density at radius 2 is 1.81 bits per heavy atom. The van der Waals surface area contributed by atoms with Gasteiger partial charge in [0.05, 0.1) is 12.1 Å². The molecule has 8 nitrogen and oxygen atoms in total. The van der Waals surface area contributed by atoms with Crippen molar-refractivity contribution in [3.63, 3.8) is 0 Å². The van der Waals surface area contributed by atoms with Crippen LogP contribution in [0.15, 0.2) is 54.1 Å². The van der Waals surface area contributed by atoms with E-state index in [1.807, 2.05) is 35.8 Å². The number of ether oxygens (including phenoxy) is 3. The predicted octanol–water partition coefficient (Wildman–Crippen LogP) is 4.25. The molecule has 1 aromatic carbocycles. The summed E-state index contributed by atoms with van der Waals surface area (Å²) < 4.78 is 35.5. The number of allylic oxidation sites excluding steroid dienone is 2. The molecule has 1 heterocycles. The maximum atomic E-state index is 17.1. The van der Waals surface area contributed by atoms with Gasteiger partial charge in [0.15, 0.2) is 6.61 Å². The zero-order valence-electron chi connectivity index (χ0n) is 22.0. The van der Waals surface area contributed by atoms with Crippen LogP contribution < -0.4 is 5.48 Å². The quantitative estimate of drug-likeness (QED) is 0.269. The third-order valence-electron chi connectivity index (χ3n) is 5.45. The van der Waals surface area contributed by atoms with Gasteiger partial charge in [0.25, 0.3) is 5.67 Å². The fraction of sp³-hybridized carbons (Fsp3) is 0.464. The largest absolute Gasteiger partial charge is 0.600 e. The Bertz CT molecular complexity index is 1180. The average molecular weight is 514 g/mol. The first-order valence-corrected chi connectivity index (χ1v) is 12.0. The molecule has 2 aliphatic rings. The van der Waals surface area contributed by atoms with Crippen molar-refractivity contribution >= 4 is 18.0 Å². The third kappa shape index (κ3) is 6.45. The lowest BCUT2D eigenvalue weighted by molar-refractivity contribution is -0.488. The van der Waals surface area contributed by atoms with Crippen LogP contribution in [-0.4, -0.2) is 57.8 Å². The zero-order chi connectivity index (χ0) is 27.4. The van der Waals surface area contributed by atoms with Gasteiger partial charge in [-0.05, 0) is 47.6 Å². The Labute approximate surface area is 216 Å². The summed E-state index contributed by atoms with van der Waals surface area (Å²) in [7, 11) is 0. The van der Waals surface area contributed by atoms with E-state index in [0.717, 1.165) is 5.56 Å². The average Bonchev–Trinajstić information content (AvgIpc) is 3.23. The molecule has 0 aromatic heterocycles. The highest BCUT2D eigenvalue weighted by Gasteiger charge is 2.60. The van der Waals surface area contributed by atoms with E-state index < -0.39 is 40.9 Å². The van der Waals surface area contributed by atoms with E-state index in [0.29, 0.717) is 0 Å². The first-order chi connectivity index (χ1) is 17.3. The number of hydroxylamine groups is 1. The second-order valence-electron chi connectivity index (χ2n) is 10.7. The van der Waals surface area contributed by atoms with Crippen LogP contribution in [0.4, 0.5) is 9.18 Å². The van der Waals surface area contributed by atoms with Gasteiger partial charge in [0.2, 0.25) is 6.04 Å². The Morgan fingerprint density at radius 1 is 1.16 bits per heavy atom. The van der Waals surface area contributed by atoms with Gasteiger partial charge >= 0.3 is 18.0 Å². The predicted molar refractivity (Wildman–Crippen MR) is 135 cm³/mol. The number of benzene rings is 1. The molecule has 0 saturated heterocycles. The van der Waals surface area contributed by atoms with Gasteiger partial charge in [-0.25, -0.2) is 9.18 Å². The standard InChI is InChI=1S/C28H34FN2O6/c1-26(2,3)36-24(32)28(29)20(15-11-17-30-34)14-10-16-21(28)23-31(25(33)37-27(4,5)6)22(18-35-23)19-12-8-7-9-13-19/h7-10,12-14,16,21-22,30,34H,17-18H2,1-6H3/q+1/t21?,22-,28?/m0/s1. The molecule has 1 amide bonds. The lowest BCUT2D eigenvalue weighted by Gasteiger charge is -2.32. The maximum absolute atomic E-state index is 17.1. The van der Waals surface area contributed by atoms with E-state index in [-0.39, 0.29) is 24.6 Å². The van der Waals surface area contributed by atoms with Gasteiger partial charge in [0, 0.05) is 5.56 Å². The van der Waals surface area contributed by atoms with Crippen LogP contribution in [0.25, 0.3) is 0 Å². The molecule has 0 saturated carbocycles. The number of nitrogens with one attached hydrogen (secondary N) is 1. The number of hydrogen-bond donors (Lipinski definition) is 2. The number of rotatable bonds is 4. The molecule has 0 bridgehead atoms. The van der Waals surface area contributed by atoms with Crippen LogP contribution in [-0.2, 0) is 19.0 Å². The molecular formula is C28H34FN2O6+. The minimum atomic E-state index is -2.81. The molecule has 0 radical (unpaired) electrons. The topological polar surface area (TPSA) is 97.1 Å². The summed E-state index contributed by atoms with van der Waals surface area (Å²) in [6, 6.07) is 8.55. The number of carbonyl (C=O) groups excluding carboxylic acids is 2. The SMILES string of the molecule is CC(C)(C)OC(=O)[N+]1=C(C2C=CC=C(C#CCNO)C2(F)C(=O)OC(C)(C)C)OC[C@H]1c1ccccc1. The van der Waals surface area contributed by atoms with E-state index in [1.165, 1.54) is 16.7 Å². The van der Waals surface area contributed by atoms with Gasteiger partial charge in [-0.15, -0.1) is 0 Å². The lowest BCUT2D eigenvalue weighted by atomic mass is 9.78. The van der Waals surface area contributed by atoms with Gasteiger partial charge in [-0.3, -0.25) is 0 Å². The van der Waals surface area contributed by atoms with Crippen LogP contribution in [0.5, 0.6) is 0 Å². The fourth-order valence-corrected chi connectivity index (χ4v) is 3.99. The normalized spacial score (nSPS) is 23.5. The van der Waals surface area contributed by atoms with E-state index in [2.05, 4.69) is 11.8 Å². The summed E-state index contributed by atoms with van der Waals surface area (Å²) in [5, 5.41) is 8.88. The number of hydrogen-bond acceptors (Lipinski definition) is 7. The Morgan fingerprint density at radius 3 is 2.41 bits per heavy atom. The Balaban J connectivity index is 2.20. The van der Waals surface area contributed by atoms with Crippen LogP contribution >= 0.6 is 0 Å². The number of amides is 1. The smallest absolute Gasteiger partial charge is 0.457 e. The highest BCUT2D eigenvalue weighted by atomic mass is 19.1. The summed E-state index contributed by atoms with van der Waals surface area (Å²) in [4.78, 5) is 26.9. The molecule has 0 fully saturated rings. The highest BCUT2D eigenvalue weighted by molar-refractivity contribution is 5.96. The van der Waals surface area contributed by atoms with Crippen molar-refractivity contribution in [1.29, 1.82) is 0 Å². The molecule has 3 atom stereocenters.